The van der Waals surface area contributed by atoms with Crippen LogP contribution in [0.3, 0.4) is 0 Å². The maximum absolute atomic E-state index is 14.0. The highest BCUT2D eigenvalue weighted by Crippen LogP contribution is 2.40. The van der Waals surface area contributed by atoms with Crippen LogP contribution in [0.5, 0.6) is 5.75 Å². The number of hydrogen-bond donors (Lipinski definition) is 2. The Bertz CT molecular complexity index is 954. The molecule has 1 atom stereocenters. The fourth-order valence-corrected chi connectivity index (χ4v) is 3.81. The molecule has 2 aromatic heterocycles. The summed E-state index contributed by atoms with van der Waals surface area (Å²) in [5.74, 6) is 0.0831. The van der Waals surface area contributed by atoms with Gasteiger partial charge in [0.25, 0.3) is 6.43 Å². The zero-order valence-corrected chi connectivity index (χ0v) is 14.6. The van der Waals surface area contributed by atoms with Crippen LogP contribution < -0.4 is 0 Å². The Balaban J connectivity index is 1.91. The van der Waals surface area contributed by atoms with Crippen LogP contribution in [0.1, 0.15) is 31.1 Å². The number of para-hydroxylation sites is 1. The molecule has 0 amide bonds. The number of nitrogens with one attached hydrogen (secondary N) is 1. The number of phenolic OH excluding ortho intramolecular Hbond substituents is 1. The molecular formula is C19H20F2N4O. The third-order valence-electron chi connectivity index (χ3n) is 5.03. The van der Waals surface area contributed by atoms with E-state index >= 15 is 0 Å². The maximum Gasteiger partial charge on any atom is 0.258 e. The first kappa shape index (κ1) is 16.9. The van der Waals surface area contributed by atoms with Crippen molar-refractivity contribution < 1.29 is 13.9 Å². The molecule has 1 aliphatic heterocycles. The van der Waals surface area contributed by atoms with Gasteiger partial charge in [-0.3, -0.25) is 4.90 Å². The molecule has 1 unspecified atom stereocenters. The fourth-order valence-electron chi connectivity index (χ4n) is 3.81. The average Bonchev–Trinajstić information content (AvgIpc) is 2.98. The Kier molecular flexibility index (Phi) is 4.11. The SMILES string of the molecule is CC(C)N1CCc2[nH]c3nnc(-c4ccccc4O)cc3c2C1C(F)F. The number of phenols is 1. The van der Waals surface area contributed by atoms with Crippen molar-refractivity contribution in [3.63, 3.8) is 0 Å². The highest BCUT2D eigenvalue weighted by atomic mass is 19.3. The molecule has 0 bridgehead atoms. The number of halogens is 2. The number of nitrogens with zero attached hydrogens (tertiary/aromatic N) is 3. The summed E-state index contributed by atoms with van der Waals surface area (Å²) in [6.45, 7) is 4.44. The van der Waals surface area contributed by atoms with Gasteiger partial charge in [-0.1, -0.05) is 12.1 Å². The van der Waals surface area contributed by atoms with Crippen molar-refractivity contribution in [2.45, 2.75) is 38.8 Å². The summed E-state index contributed by atoms with van der Waals surface area (Å²) in [7, 11) is 0. The van der Waals surface area contributed by atoms with E-state index in [1.54, 1.807) is 30.3 Å². The number of fused-ring (bicyclic) bond motifs is 3. The van der Waals surface area contributed by atoms with Gasteiger partial charge < -0.3 is 10.1 Å². The summed E-state index contributed by atoms with van der Waals surface area (Å²) in [6, 6.07) is 7.58. The lowest BCUT2D eigenvalue weighted by Gasteiger charge is -2.38. The predicted molar refractivity (Wildman–Crippen MR) is 95.3 cm³/mol. The van der Waals surface area contributed by atoms with Crippen molar-refractivity contribution in [2.24, 2.45) is 0 Å². The molecular weight excluding hydrogens is 338 g/mol. The third-order valence-corrected chi connectivity index (χ3v) is 5.03. The second kappa shape index (κ2) is 6.32. The molecule has 0 fully saturated rings. The second-order valence-corrected chi connectivity index (χ2v) is 6.89. The van der Waals surface area contributed by atoms with Crippen molar-refractivity contribution in [1.82, 2.24) is 20.1 Å². The van der Waals surface area contributed by atoms with Crippen LogP contribution in [-0.4, -0.2) is 44.2 Å². The predicted octanol–water partition coefficient (Wildman–Crippen LogP) is 3.90. The highest BCUT2D eigenvalue weighted by molar-refractivity contribution is 5.86. The number of aromatic hydroxyl groups is 1. The normalized spacial score (nSPS) is 18.0. The van der Waals surface area contributed by atoms with Crippen molar-refractivity contribution in [3.8, 4) is 17.0 Å². The first-order chi connectivity index (χ1) is 12.5. The quantitative estimate of drug-likeness (QED) is 0.745. The summed E-state index contributed by atoms with van der Waals surface area (Å²) in [5, 5.41) is 19.1. The summed E-state index contributed by atoms with van der Waals surface area (Å²) in [4.78, 5) is 4.99. The topological polar surface area (TPSA) is 65.0 Å². The van der Waals surface area contributed by atoms with E-state index in [0.29, 0.717) is 40.8 Å². The van der Waals surface area contributed by atoms with Gasteiger partial charge >= 0.3 is 0 Å². The van der Waals surface area contributed by atoms with E-state index in [9.17, 15) is 13.9 Å². The number of alkyl halides is 2. The van der Waals surface area contributed by atoms with Gasteiger partial charge in [0.15, 0.2) is 5.65 Å². The number of aromatic nitrogens is 3. The van der Waals surface area contributed by atoms with Gasteiger partial charge in [-0.05, 0) is 32.0 Å². The van der Waals surface area contributed by atoms with Gasteiger partial charge in [-0.2, -0.15) is 0 Å². The van der Waals surface area contributed by atoms with Crippen LogP contribution in [0.25, 0.3) is 22.3 Å². The van der Waals surface area contributed by atoms with Gasteiger partial charge in [-0.25, -0.2) is 8.78 Å². The minimum atomic E-state index is -2.50. The smallest absolute Gasteiger partial charge is 0.258 e. The molecule has 136 valence electrons. The van der Waals surface area contributed by atoms with E-state index in [1.807, 2.05) is 18.7 Å². The number of benzene rings is 1. The molecule has 1 aromatic carbocycles. The summed E-state index contributed by atoms with van der Waals surface area (Å²) in [5.41, 5.74) is 2.90. The number of hydrogen-bond acceptors (Lipinski definition) is 4. The molecule has 26 heavy (non-hydrogen) atoms. The lowest BCUT2D eigenvalue weighted by Crippen LogP contribution is -2.43. The largest absolute Gasteiger partial charge is 0.507 e. The molecule has 0 saturated carbocycles. The van der Waals surface area contributed by atoms with Crippen LogP contribution in [0.15, 0.2) is 30.3 Å². The zero-order chi connectivity index (χ0) is 18.4. The molecule has 4 rings (SSSR count). The van der Waals surface area contributed by atoms with E-state index in [0.717, 1.165) is 5.69 Å². The van der Waals surface area contributed by atoms with Gasteiger partial charge in [0, 0.05) is 41.2 Å². The van der Waals surface area contributed by atoms with E-state index in [-0.39, 0.29) is 11.8 Å². The minimum absolute atomic E-state index is 0.0135. The fraction of sp³-hybridized carbons (Fsp3) is 0.368. The second-order valence-electron chi connectivity index (χ2n) is 6.89. The van der Waals surface area contributed by atoms with Gasteiger partial charge in [0.1, 0.15) is 5.75 Å². The first-order valence-electron chi connectivity index (χ1n) is 8.67. The first-order valence-corrected chi connectivity index (χ1v) is 8.67. The number of rotatable bonds is 3. The Labute approximate surface area is 149 Å². The average molecular weight is 358 g/mol. The van der Waals surface area contributed by atoms with Crippen molar-refractivity contribution >= 4 is 11.0 Å². The Morgan fingerprint density at radius 3 is 2.69 bits per heavy atom. The van der Waals surface area contributed by atoms with E-state index < -0.39 is 12.5 Å². The van der Waals surface area contributed by atoms with Gasteiger partial charge in [-0.15, -0.1) is 10.2 Å². The van der Waals surface area contributed by atoms with Gasteiger partial charge in [0.05, 0.1) is 11.7 Å². The summed E-state index contributed by atoms with van der Waals surface area (Å²) >= 11 is 0. The lowest BCUT2D eigenvalue weighted by atomic mass is 9.94. The van der Waals surface area contributed by atoms with Crippen molar-refractivity contribution in [1.29, 1.82) is 0 Å². The van der Waals surface area contributed by atoms with Crippen molar-refractivity contribution in [3.05, 3.63) is 41.6 Å². The third kappa shape index (κ3) is 2.63. The number of aromatic amines is 1. The van der Waals surface area contributed by atoms with Gasteiger partial charge in [0.2, 0.25) is 0 Å². The molecule has 0 saturated heterocycles. The lowest BCUT2D eigenvalue weighted by molar-refractivity contribution is 0.00303. The maximum atomic E-state index is 14.0. The van der Waals surface area contributed by atoms with Crippen LogP contribution in [0.2, 0.25) is 0 Å². The van der Waals surface area contributed by atoms with Crippen LogP contribution in [0, 0.1) is 0 Å². The number of H-pyrrole nitrogens is 1. The van der Waals surface area contributed by atoms with Crippen LogP contribution in [0.4, 0.5) is 8.78 Å². The molecule has 3 heterocycles. The van der Waals surface area contributed by atoms with Crippen molar-refractivity contribution in [2.75, 3.05) is 6.54 Å². The highest BCUT2D eigenvalue weighted by Gasteiger charge is 2.38. The molecule has 0 aliphatic carbocycles. The molecule has 1 aliphatic rings. The molecule has 0 radical (unpaired) electrons. The molecule has 3 aromatic rings. The van der Waals surface area contributed by atoms with E-state index in [4.69, 9.17) is 0 Å². The molecule has 0 spiro atoms. The zero-order valence-electron chi connectivity index (χ0n) is 14.6. The summed E-state index contributed by atoms with van der Waals surface area (Å²) in [6.07, 6.45) is -1.84. The van der Waals surface area contributed by atoms with E-state index in [1.165, 1.54) is 0 Å². The van der Waals surface area contributed by atoms with Crippen LogP contribution >= 0.6 is 0 Å². The summed E-state index contributed by atoms with van der Waals surface area (Å²) < 4.78 is 27.9. The molecule has 5 nitrogen and oxygen atoms in total. The Morgan fingerprint density at radius 1 is 1.23 bits per heavy atom. The minimum Gasteiger partial charge on any atom is -0.507 e. The molecule has 7 heteroatoms. The standard InChI is InChI=1S/C19H20F2N4O/c1-10(2)25-8-7-13-16(17(25)18(20)21)12-9-14(23-24-19(12)22-13)11-5-3-4-6-15(11)26/h3-6,9-10,17-18,26H,7-8H2,1-2H3,(H,22,24). The van der Waals surface area contributed by atoms with Crippen LogP contribution in [-0.2, 0) is 6.42 Å². The van der Waals surface area contributed by atoms with E-state index in [2.05, 4.69) is 15.2 Å². The Hall–Kier alpha value is -2.54. The Morgan fingerprint density at radius 2 is 2.00 bits per heavy atom. The molecule has 2 N–H and O–H groups in total. The monoisotopic (exact) mass is 358 g/mol.